The van der Waals surface area contributed by atoms with Gasteiger partial charge in [-0.3, -0.25) is 0 Å². The molecule has 1 aliphatic rings. The summed E-state index contributed by atoms with van der Waals surface area (Å²) < 4.78 is 31.6. The zero-order valence-electron chi connectivity index (χ0n) is 17.3. The van der Waals surface area contributed by atoms with E-state index in [0.717, 1.165) is 12.1 Å². The lowest BCUT2D eigenvalue weighted by Gasteiger charge is -2.37. The third kappa shape index (κ3) is 4.15. The molecule has 0 aliphatic carbocycles. The van der Waals surface area contributed by atoms with Crippen LogP contribution in [0.5, 0.6) is 0 Å². The number of hydrogen-bond acceptors (Lipinski definition) is 8. The fourth-order valence-electron chi connectivity index (χ4n) is 3.79. The van der Waals surface area contributed by atoms with Crippen LogP contribution in [-0.4, -0.2) is 59.2 Å². The van der Waals surface area contributed by atoms with Crippen molar-refractivity contribution in [3.63, 3.8) is 0 Å². The van der Waals surface area contributed by atoms with Gasteiger partial charge in [0.2, 0.25) is 5.95 Å². The standard InChI is InChI=1S/C22H20F2N6O2S/c23-16-11-15(12-17(24)19(16)22(31,32)29-7-9-33-10-8-29)30-6-4-14-13-26-21(28-20(14)30)27-18-3-1-2-5-25-18/h1-6,11-13,31-32H,7-10H2,(H,25,26,27,28). The molecule has 3 N–H and O–H groups in total. The van der Waals surface area contributed by atoms with Gasteiger partial charge in [0, 0.05) is 48.6 Å². The molecule has 1 fully saturated rings. The second-order valence-electron chi connectivity index (χ2n) is 7.52. The Labute approximate surface area is 191 Å². The molecule has 33 heavy (non-hydrogen) atoms. The minimum absolute atomic E-state index is 0.149. The van der Waals surface area contributed by atoms with Gasteiger partial charge in [0.25, 0.3) is 5.91 Å². The maximum atomic E-state index is 15.1. The van der Waals surface area contributed by atoms with Crippen LogP contribution in [-0.2, 0) is 5.91 Å². The Morgan fingerprint density at radius 2 is 1.79 bits per heavy atom. The largest absolute Gasteiger partial charge is 0.349 e. The highest BCUT2D eigenvalue weighted by Crippen LogP contribution is 2.32. The fraction of sp³-hybridized carbons (Fsp3) is 0.227. The van der Waals surface area contributed by atoms with Crippen molar-refractivity contribution in [3.8, 4) is 5.69 Å². The van der Waals surface area contributed by atoms with Crippen molar-refractivity contribution < 1.29 is 19.0 Å². The van der Waals surface area contributed by atoms with Crippen LogP contribution in [0.3, 0.4) is 0 Å². The van der Waals surface area contributed by atoms with Crippen molar-refractivity contribution >= 4 is 34.6 Å². The summed E-state index contributed by atoms with van der Waals surface area (Å²) in [4.78, 5) is 14.1. The zero-order valence-corrected chi connectivity index (χ0v) is 18.1. The molecule has 1 aromatic carbocycles. The van der Waals surface area contributed by atoms with Crippen molar-refractivity contribution in [3.05, 3.63) is 72.2 Å². The van der Waals surface area contributed by atoms with Crippen molar-refractivity contribution in [1.82, 2.24) is 24.4 Å². The van der Waals surface area contributed by atoms with E-state index in [9.17, 15) is 10.2 Å². The van der Waals surface area contributed by atoms with Crippen LogP contribution < -0.4 is 5.32 Å². The quantitative estimate of drug-likeness (QED) is 0.383. The SMILES string of the molecule is OC(O)(c1c(F)cc(-n2ccc3cnc(Nc4ccccn4)nc32)cc1F)N1CCSCC1. The summed E-state index contributed by atoms with van der Waals surface area (Å²) >= 11 is 1.65. The van der Waals surface area contributed by atoms with Crippen molar-refractivity contribution in [2.24, 2.45) is 0 Å². The number of pyridine rings is 1. The van der Waals surface area contributed by atoms with Gasteiger partial charge in [0.05, 0.1) is 11.3 Å². The number of halogens is 2. The molecule has 0 saturated carbocycles. The van der Waals surface area contributed by atoms with E-state index in [0.29, 0.717) is 41.4 Å². The minimum atomic E-state index is -2.74. The van der Waals surface area contributed by atoms with Crippen LogP contribution in [0, 0.1) is 11.6 Å². The molecule has 0 atom stereocenters. The van der Waals surface area contributed by atoms with Gasteiger partial charge in [-0.2, -0.15) is 16.7 Å². The smallest absolute Gasteiger partial charge is 0.259 e. The molecule has 11 heteroatoms. The number of aromatic nitrogens is 4. The van der Waals surface area contributed by atoms with Crippen LogP contribution in [0.15, 0.2) is 55.0 Å². The number of anilines is 2. The highest BCUT2D eigenvalue weighted by Gasteiger charge is 2.40. The lowest BCUT2D eigenvalue weighted by atomic mass is 10.1. The highest BCUT2D eigenvalue weighted by molar-refractivity contribution is 7.99. The number of benzene rings is 1. The third-order valence-corrected chi connectivity index (χ3v) is 6.37. The highest BCUT2D eigenvalue weighted by atomic mass is 32.2. The van der Waals surface area contributed by atoms with Gasteiger partial charge in [-0.05, 0) is 30.3 Å². The number of aliphatic hydroxyl groups is 2. The van der Waals surface area contributed by atoms with Gasteiger partial charge in [-0.1, -0.05) is 6.07 Å². The van der Waals surface area contributed by atoms with Crippen LogP contribution >= 0.6 is 11.8 Å². The minimum Gasteiger partial charge on any atom is -0.349 e. The monoisotopic (exact) mass is 470 g/mol. The summed E-state index contributed by atoms with van der Waals surface area (Å²) in [6, 6.07) is 9.20. The Balaban J connectivity index is 1.51. The van der Waals surface area contributed by atoms with Crippen molar-refractivity contribution in [2.45, 2.75) is 5.91 Å². The average Bonchev–Trinajstić information content (AvgIpc) is 3.23. The van der Waals surface area contributed by atoms with E-state index in [2.05, 4.69) is 20.3 Å². The molecule has 1 saturated heterocycles. The summed E-state index contributed by atoms with van der Waals surface area (Å²) in [6.45, 7) is 0.618. The topological polar surface area (TPSA) is 99.3 Å². The molecule has 4 heterocycles. The summed E-state index contributed by atoms with van der Waals surface area (Å²) in [6.07, 6.45) is 4.83. The summed E-state index contributed by atoms with van der Waals surface area (Å²) in [5.74, 6) is -2.75. The maximum Gasteiger partial charge on any atom is 0.259 e. The van der Waals surface area contributed by atoms with Gasteiger partial charge < -0.3 is 20.1 Å². The Bertz CT molecular complexity index is 1270. The van der Waals surface area contributed by atoms with E-state index in [1.807, 2.05) is 6.07 Å². The number of nitrogens with one attached hydrogen (secondary N) is 1. The van der Waals surface area contributed by atoms with Crippen molar-refractivity contribution in [2.75, 3.05) is 29.9 Å². The molecule has 0 amide bonds. The molecule has 0 unspecified atom stereocenters. The van der Waals surface area contributed by atoms with E-state index in [4.69, 9.17) is 0 Å². The van der Waals surface area contributed by atoms with E-state index >= 15 is 8.78 Å². The molecule has 4 aromatic rings. The van der Waals surface area contributed by atoms with Crippen molar-refractivity contribution in [1.29, 1.82) is 0 Å². The Morgan fingerprint density at radius 3 is 2.48 bits per heavy atom. The summed E-state index contributed by atoms with van der Waals surface area (Å²) in [5, 5.41) is 24.8. The molecule has 170 valence electrons. The normalized spacial score (nSPS) is 15.2. The Hall–Kier alpha value is -3.12. The molecular weight excluding hydrogens is 450 g/mol. The van der Waals surface area contributed by atoms with Crippen LogP contribution in [0.1, 0.15) is 5.56 Å². The number of thioether (sulfide) groups is 1. The van der Waals surface area contributed by atoms with E-state index in [1.165, 1.54) is 9.47 Å². The predicted octanol–water partition coefficient (Wildman–Crippen LogP) is 2.98. The van der Waals surface area contributed by atoms with E-state index < -0.39 is 23.1 Å². The van der Waals surface area contributed by atoms with E-state index in [1.54, 1.807) is 48.6 Å². The van der Waals surface area contributed by atoms with Gasteiger partial charge in [0.1, 0.15) is 23.1 Å². The first-order valence-electron chi connectivity index (χ1n) is 10.2. The maximum absolute atomic E-state index is 15.1. The van der Waals surface area contributed by atoms with Crippen LogP contribution in [0.2, 0.25) is 0 Å². The molecule has 0 bridgehead atoms. The first kappa shape index (κ1) is 21.7. The fourth-order valence-corrected chi connectivity index (χ4v) is 4.69. The number of hydrogen-bond donors (Lipinski definition) is 3. The van der Waals surface area contributed by atoms with Crippen LogP contribution in [0.25, 0.3) is 16.7 Å². The van der Waals surface area contributed by atoms with Gasteiger partial charge in [-0.25, -0.2) is 23.6 Å². The lowest BCUT2D eigenvalue weighted by Crippen LogP contribution is -2.51. The molecule has 1 aliphatic heterocycles. The first-order valence-corrected chi connectivity index (χ1v) is 11.4. The first-order chi connectivity index (χ1) is 15.9. The zero-order chi connectivity index (χ0) is 23.0. The second-order valence-corrected chi connectivity index (χ2v) is 8.74. The molecule has 0 radical (unpaired) electrons. The second kappa shape index (κ2) is 8.67. The molecule has 5 rings (SSSR count). The number of nitrogens with zero attached hydrogens (tertiary/aromatic N) is 5. The number of fused-ring (bicyclic) bond motifs is 1. The molecule has 3 aromatic heterocycles. The Kier molecular flexibility index (Phi) is 5.71. The number of rotatable bonds is 5. The average molecular weight is 471 g/mol. The summed E-state index contributed by atoms with van der Waals surface area (Å²) in [5.41, 5.74) is -0.222. The molecule has 0 spiro atoms. The van der Waals surface area contributed by atoms with Gasteiger partial charge in [-0.15, -0.1) is 0 Å². The molecule has 8 nitrogen and oxygen atoms in total. The predicted molar refractivity (Wildman–Crippen MR) is 121 cm³/mol. The Morgan fingerprint density at radius 1 is 1.03 bits per heavy atom. The third-order valence-electron chi connectivity index (χ3n) is 5.42. The van der Waals surface area contributed by atoms with Crippen LogP contribution in [0.4, 0.5) is 20.5 Å². The van der Waals surface area contributed by atoms with Gasteiger partial charge in [0.15, 0.2) is 0 Å². The molecular formula is C22H20F2N6O2S. The van der Waals surface area contributed by atoms with E-state index in [-0.39, 0.29) is 11.6 Å². The van der Waals surface area contributed by atoms with Gasteiger partial charge >= 0.3 is 0 Å². The summed E-state index contributed by atoms with van der Waals surface area (Å²) in [7, 11) is 0. The lowest BCUT2D eigenvalue weighted by molar-refractivity contribution is -0.276.